The molecular weight excluding hydrogens is 290 g/mol. The van der Waals surface area contributed by atoms with Crippen LogP contribution in [0.4, 0.5) is 17.1 Å². The molecule has 1 aliphatic heterocycles. The van der Waals surface area contributed by atoms with E-state index in [0.29, 0.717) is 11.3 Å². The van der Waals surface area contributed by atoms with Gasteiger partial charge in [0, 0.05) is 24.5 Å². The summed E-state index contributed by atoms with van der Waals surface area (Å²) in [6.45, 7) is 3.39. The largest absolute Gasteiger partial charge is 0.495 e. The van der Waals surface area contributed by atoms with Gasteiger partial charge in [-0.2, -0.15) is 5.26 Å². The summed E-state index contributed by atoms with van der Waals surface area (Å²) in [5.41, 5.74) is 3.52. The lowest BCUT2D eigenvalue weighted by molar-refractivity contribution is 0.122. The van der Waals surface area contributed by atoms with Crippen molar-refractivity contribution < 1.29 is 9.47 Å². The molecule has 5 heteroatoms. The molecule has 1 saturated heterocycles. The highest BCUT2D eigenvalue weighted by atomic mass is 16.5. The van der Waals surface area contributed by atoms with Crippen LogP contribution in [0.15, 0.2) is 42.5 Å². The average Bonchev–Trinajstić information content (AvgIpc) is 2.63. The van der Waals surface area contributed by atoms with Gasteiger partial charge in [0.25, 0.3) is 0 Å². The lowest BCUT2D eigenvalue weighted by atomic mass is 10.2. The third kappa shape index (κ3) is 3.55. The SMILES string of the molecule is COc1ccc(C#N)cc1Nc1ccc(N2CCOCC2)cc1. The Morgan fingerprint density at radius 1 is 1.13 bits per heavy atom. The van der Waals surface area contributed by atoms with Gasteiger partial charge in [0.1, 0.15) is 5.75 Å². The molecule has 0 aromatic heterocycles. The highest BCUT2D eigenvalue weighted by Crippen LogP contribution is 2.29. The number of hydrogen-bond acceptors (Lipinski definition) is 5. The molecule has 1 fully saturated rings. The maximum absolute atomic E-state index is 9.04. The van der Waals surface area contributed by atoms with Crippen LogP contribution in [0.1, 0.15) is 5.56 Å². The molecule has 0 bridgehead atoms. The molecule has 0 unspecified atom stereocenters. The topological polar surface area (TPSA) is 57.5 Å². The fourth-order valence-corrected chi connectivity index (χ4v) is 2.61. The van der Waals surface area contributed by atoms with E-state index in [-0.39, 0.29) is 0 Å². The van der Waals surface area contributed by atoms with Crippen molar-refractivity contribution >= 4 is 17.1 Å². The number of nitrogens with zero attached hydrogens (tertiary/aromatic N) is 2. The Balaban J connectivity index is 1.77. The molecule has 3 rings (SSSR count). The van der Waals surface area contributed by atoms with Crippen LogP contribution in [-0.2, 0) is 4.74 Å². The molecule has 0 spiro atoms. The minimum Gasteiger partial charge on any atom is -0.495 e. The second kappa shape index (κ2) is 7.03. The van der Waals surface area contributed by atoms with E-state index < -0.39 is 0 Å². The molecule has 1 heterocycles. The average molecular weight is 309 g/mol. The molecule has 0 saturated carbocycles. The molecule has 1 aliphatic rings. The van der Waals surface area contributed by atoms with Gasteiger partial charge < -0.3 is 19.7 Å². The first-order valence-electron chi connectivity index (χ1n) is 7.58. The molecule has 0 atom stereocenters. The number of methoxy groups -OCH3 is 1. The van der Waals surface area contributed by atoms with E-state index in [1.807, 2.05) is 12.1 Å². The van der Waals surface area contributed by atoms with Gasteiger partial charge in [0.05, 0.1) is 37.6 Å². The minimum atomic E-state index is 0.596. The maximum atomic E-state index is 9.04. The molecule has 2 aromatic carbocycles. The summed E-state index contributed by atoms with van der Waals surface area (Å²) in [6, 6.07) is 15.7. The van der Waals surface area contributed by atoms with Gasteiger partial charge in [-0.1, -0.05) is 0 Å². The van der Waals surface area contributed by atoms with E-state index >= 15 is 0 Å². The number of anilines is 3. The molecule has 0 amide bonds. The van der Waals surface area contributed by atoms with Crippen molar-refractivity contribution in [3.63, 3.8) is 0 Å². The van der Waals surface area contributed by atoms with E-state index in [4.69, 9.17) is 14.7 Å². The van der Waals surface area contributed by atoms with E-state index in [1.54, 1.807) is 25.3 Å². The Bertz CT molecular complexity index is 701. The van der Waals surface area contributed by atoms with Gasteiger partial charge in [-0.25, -0.2) is 0 Å². The number of benzene rings is 2. The van der Waals surface area contributed by atoms with Crippen LogP contribution in [0.5, 0.6) is 5.75 Å². The highest BCUT2D eigenvalue weighted by Gasteiger charge is 2.11. The van der Waals surface area contributed by atoms with Crippen LogP contribution in [0.3, 0.4) is 0 Å². The van der Waals surface area contributed by atoms with E-state index in [9.17, 15) is 0 Å². The predicted molar refractivity (Wildman–Crippen MR) is 90.5 cm³/mol. The van der Waals surface area contributed by atoms with Crippen molar-refractivity contribution in [2.24, 2.45) is 0 Å². The zero-order chi connectivity index (χ0) is 16.1. The first-order valence-corrected chi connectivity index (χ1v) is 7.58. The van der Waals surface area contributed by atoms with Gasteiger partial charge in [-0.05, 0) is 42.5 Å². The summed E-state index contributed by atoms with van der Waals surface area (Å²) in [4.78, 5) is 2.31. The lowest BCUT2D eigenvalue weighted by Crippen LogP contribution is -2.36. The van der Waals surface area contributed by atoms with Gasteiger partial charge in [-0.3, -0.25) is 0 Å². The third-order valence-corrected chi connectivity index (χ3v) is 3.85. The third-order valence-electron chi connectivity index (χ3n) is 3.85. The maximum Gasteiger partial charge on any atom is 0.142 e. The summed E-state index contributed by atoms with van der Waals surface area (Å²) in [5, 5.41) is 12.3. The smallest absolute Gasteiger partial charge is 0.142 e. The summed E-state index contributed by atoms with van der Waals surface area (Å²) in [5.74, 6) is 0.709. The van der Waals surface area contributed by atoms with E-state index in [2.05, 4.69) is 28.4 Å². The molecule has 2 aromatic rings. The Kier molecular flexibility index (Phi) is 4.65. The van der Waals surface area contributed by atoms with Crippen LogP contribution in [0.2, 0.25) is 0 Å². The number of nitriles is 1. The molecule has 0 radical (unpaired) electrons. The minimum absolute atomic E-state index is 0.596. The first-order chi connectivity index (χ1) is 11.3. The van der Waals surface area contributed by atoms with Crippen molar-refractivity contribution in [2.75, 3.05) is 43.6 Å². The molecule has 5 nitrogen and oxygen atoms in total. The van der Waals surface area contributed by atoms with Crippen molar-refractivity contribution in [3.05, 3.63) is 48.0 Å². The Morgan fingerprint density at radius 2 is 1.87 bits per heavy atom. The number of ether oxygens (including phenoxy) is 2. The zero-order valence-electron chi connectivity index (χ0n) is 13.1. The fraction of sp³-hybridized carbons (Fsp3) is 0.278. The van der Waals surface area contributed by atoms with Crippen LogP contribution < -0.4 is 15.0 Å². The molecule has 118 valence electrons. The number of rotatable bonds is 4. The quantitative estimate of drug-likeness (QED) is 0.940. The van der Waals surface area contributed by atoms with Crippen LogP contribution in [0.25, 0.3) is 0 Å². The monoisotopic (exact) mass is 309 g/mol. The summed E-state index contributed by atoms with van der Waals surface area (Å²) in [7, 11) is 1.62. The molecule has 23 heavy (non-hydrogen) atoms. The van der Waals surface area contributed by atoms with Crippen LogP contribution in [0, 0.1) is 11.3 Å². The molecule has 1 N–H and O–H groups in total. The van der Waals surface area contributed by atoms with Crippen molar-refractivity contribution in [3.8, 4) is 11.8 Å². The lowest BCUT2D eigenvalue weighted by Gasteiger charge is -2.29. The summed E-state index contributed by atoms with van der Waals surface area (Å²) >= 11 is 0. The van der Waals surface area contributed by atoms with E-state index in [0.717, 1.165) is 37.7 Å². The second-order valence-electron chi connectivity index (χ2n) is 5.30. The van der Waals surface area contributed by atoms with Crippen molar-refractivity contribution in [2.45, 2.75) is 0 Å². The van der Waals surface area contributed by atoms with Crippen molar-refractivity contribution in [1.29, 1.82) is 5.26 Å². The number of hydrogen-bond donors (Lipinski definition) is 1. The number of nitrogens with one attached hydrogen (secondary N) is 1. The zero-order valence-corrected chi connectivity index (χ0v) is 13.1. The van der Waals surface area contributed by atoms with Gasteiger partial charge >= 0.3 is 0 Å². The second-order valence-corrected chi connectivity index (χ2v) is 5.30. The van der Waals surface area contributed by atoms with E-state index in [1.165, 1.54) is 5.69 Å². The number of morpholine rings is 1. The molecular formula is C18H19N3O2. The summed E-state index contributed by atoms with van der Waals surface area (Å²) in [6.07, 6.45) is 0. The van der Waals surface area contributed by atoms with Crippen molar-refractivity contribution in [1.82, 2.24) is 0 Å². The molecule has 0 aliphatic carbocycles. The summed E-state index contributed by atoms with van der Waals surface area (Å²) < 4.78 is 10.7. The van der Waals surface area contributed by atoms with Gasteiger partial charge in [-0.15, -0.1) is 0 Å². The normalized spacial score (nSPS) is 14.2. The van der Waals surface area contributed by atoms with Crippen LogP contribution >= 0.6 is 0 Å². The van der Waals surface area contributed by atoms with Gasteiger partial charge in [0.2, 0.25) is 0 Å². The first kappa shape index (κ1) is 15.2. The van der Waals surface area contributed by atoms with Crippen LogP contribution in [-0.4, -0.2) is 33.4 Å². The van der Waals surface area contributed by atoms with Gasteiger partial charge in [0.15, 0.2) is 0 Å². The fourth-order valence-electron chi connectivity index (χ4n) is 2.61. The Morgan fingerprint density at radius 3 is 2.52 bits per heavy atom. The Hall–Kier alpha value is -2.71. The predicted octanol–water partition coefficient (Wildman–Crippen LogP) is 3.15. The Labute approximate surface area is 136 Å². The highest BCUT2D eigenvalue weighted by molar-refractivity contribution is 5.69. The standard InChI is InChI=1S/C18H19N3O2/c1-22-18-7-2-14(13-19)12-17(18)20-15-3-5-16(6-4-15)21-8-10-23-11-9-21/h2-7,12,20H,8-11H2,1H3.